The van der Waals surface area contributed by atoms with E-state index in [9.17, 15) is 9.18 Å². The molecule has 34 heavy (non-hydrogen) atoms. The molecule has 0 aliphatic heterocycles. The van der Waals surface area contributed by atoms with Crippen molar-refractivity contribution >= 4 is 34.2 Å². The van der Waals surface area contributed by atoms with Gasteiger partial charge in [-0.05, 0) is 47.0 Å². The van der Waals surface area contributed by atoms with Gasteiger partial charge in [-0.15, -0.1) is 16.7 Å². The lowest BCUT2D eigenvalue weighted by Gasteiger charge is -2.28. The third-order valence-electron chi connectivity index (χ3n) is 5.92. The smallest absolute Gasteiger partial charge is 0.252 e. The van der Waals surface area contributed by atoms with E-state index in [4.69, 9.17) is 23.2 Å². The summed E-state index contributed by atoms with van der Waals surface area (Å²) in [6.45, 7) is 0. The number of aryl methyl sites for hydroxylation is 2. The molecule has 1 atom stereocenters. The van der Waals surface area contributed by atoms with Crippen molar-refractivity contribution in [1.82, 2.24) is 24.5 Å². The average molecular weight is 494 g/mol. The summed E-state index contributed by atoms with van der Waals surface area (Å²) in [6.07, 6.45) is 3.23. The highest BCUT2D eigenvalue weighted by molar-refractivity contribution is 6.31. The minimum absolute atomic E-state index is 0.252. The Bertz CT molecular complexity index is 1600. The first kappa shape index (κ1) is 22.3. The Morgan fingerprint density at radius 3 is 2.41 bits per heavy atom. The van der Waals surface area contributed by atoms with E-state index in [0.717, 1.165) is 5.56 Å². The molecule has 3 aromatic heterocycles. The normalized spacial score (nSPS) is 13.2. The summed E-state index contributed by atoms with van der Waals surface area (Å²) in [6, 6.07) is 16.6. The van der Waals surface area contributed by atoms with Crippen LogP contribution in [-0.4, -0.2) is 24.5 Å². The van der Waals surface area contributed by atoms with Crippen molar-refractivity contribution < 1.29 is 4.39 Å². The highest BCUT2D eigenvalue weighted by Gasteiger charge is 2.38. The van der Waals surface area contributed by atoms with Crippen molar-refractivity contribution in [3.05, 3.63) is 111 Å². The van der Waals surface area contributed by atoms with Crippen LogP contribution >= 0.6 is 23.2 Å². The van der Waals surface area contributed by atoms with Gasteiger partial charge in [0.05, 0.1) is 11.9 Å². The van der Waals surface area contributed by atoms with E-state index in [1.54, 1.807) is 55.4 Å². The predicted molar refractivity (Wildman–Crippen MR) is 131 cm³/mol. The molecule has 2 aromatic carbocycles. The van der Waals surface area contributed by atoms with Gasteiger partial charge in [0.1, 0.15) is 16.3 Å². The Kier molecular flexibility index (Phi) is 5.46. The number of hydrogen-bond donors (Lipinski definition) is 0. The maximum absolute atomic E-state index is 14.0. The van der Waals surface area contributed by atoms with Crippen molar-refractivity contribution in [2.75, 3.05) is 0 Å². The molecule has 0 radical (unpaired) electrons. The zero-order valence-electron chi connectivity index (χ0n) is 18.2. The molecule has 0 saturated heterocycles. The number of alkyl halides is 1. The lowest BCUT2D eigenvalue weighted by Crippen LogP contribution is -2.26. The predicted octanol–water partition coefficient (Wildman–Crippen LogP) is 5.05. The van der Waals surface area contributed by atoms with Crippen LogP contribution in [0.1, 0.15) is 16.8 Å². The van der Waals surface area contributed by atoms with Gasteiger partial charge in [0.2, 0.25) is 0 Å². The number of benzene rings is 2. The van der Waals surface area contributed by atoms with Crippen LogP contribution in [0.4, 0.5) is 4.39 Å². The molecule has 170 valence electrons. The SMILES string of the molecule is Cn1nncc1[C@@](Cl)(c1ccc(Cl)cc1)c1cnc2c(c1)c(-c1cccc(F)c1)cc(=O)n2C. The lowest BCUT2D eigenvalue weighted by atomic mass is 9.87. The minimum atomic E-state index is -1.21. The highest BCUT2D eigenvalue weighted by Crippen LogP contribution is 2.44. The molecule has 0 spiro atoms. The molecule has 0 amide bonds. The van der Waals surface area contributed by atoms with Gasteiger partial charge >= 0.3 is 0 Å². The van der Waals surface area contributed by atoms with E-state index < -0.39 is 10.7 Å². The number of aromatic nitrogens is 5. The summed E-state index contributed by atoms with van der Waals surface area (Å²) >= 11 is 13.5. The van der Waals surface area contributed by atoms with Gasteiger partial charge in [0, 0.05) is 42.3 Å². The van der Waals surface area contributed by atoms with Crippen molar-refractivity contribution in [1.29, 1.82) is 0 Å². The van der Waals surface area contributed by atoms with Crippen LogP contribution in [0.3, 0.4) is 0 Å². The Morgan fingerprint density at radius 2 is 1.74 bits per heavy atom. The number of rotatable bonds is 4. The molecule has 0 aliphatic rings. The Labute approximate surface area is 204 Å². The Morgan fingerprint density at radius 1 is 0.971 bits per heavy atom. The molecular formula is C25H18Cl2FN5O. The van der Waals surface area contributed by atoms with Gasteiger partial charge in [-0.25, -0.2) is 14.1 Å². The molecule has 6 nitrogen and oxygen atoms in total. The average Bonchev–Trinajstić information content (AvgIpc) is 3.27. The standard InChI is InChI=1S/C25H18Cl2FN5O/c1-32-23(34)12-20(15-4-3-5-19(28)10-15)21-11-17(13-29-24(21)32)25(27,22-14-30-31-33(22)2)16-6-8-18(26)9-7-16/h3-14H,1-2H3/t25-/m1/s1. The number of hydrogen-bond acceptors (Lipinski definition) is 4. The van der Waals surface area contributed by atoms with Gasteiger partial charge in [-0.1, -0.05) is 41.1 Å². The largest absolute Gasteiger partial charge is 0.296 e. The second-order valence-electron chi connectivity index (χ2n) is 7.97. The van der Waals surface area contributed by atoms with E-state index in [1.807, 2.05) is 18.2 Å². The first-order valence-corrected chi connectivity index (χ1v) is 11.1. The maximum atomic E-state index is 14.0. The molecule has 0 N–H and O–H groups in total. The van der Waals surface area contributed by atoms with Crippen LogP contribution < -0.4 is 5.56 Å². The van der Waals surface area contributed by atoms with Gasteiger partial charge in [-0.2, -0.15) is 0 Å². The molecule has 5 rings (SSSR count). The van der Waals surface area contributed by atoms with E-state index in [1.165, 1.54) is 22.8 Å². The van der Waals surface area contributed by atoms with Crippen LogP contribution in [-0.2, 0) is 19.0 Å². The Balaban J connectivity index is 1.84. The topological polar surface area (TPSA) is 65.6 Å². The second kappa shape index (κ2) is 8.34. The fraction of sp³-hybridized carbons (Fsp3) is 0.120. The molecule has 0 fully saturated rings. The van der Waals surface area contributed by atoms with E-state index in [2.05, 4.69) is 15.3 Å². The molecule has 0 saturated carbocycles. The lowest BCUT2D eigenvalue weighted by molar-refractivity contribution is 0.628. The fourth-order valence-corrected chi connectivity index (χ4v) is 4.68. The number of pyridine rings is 2. The zero-order valence-corrected chi connectivity index (χ0v) is 19.7. The summed E-state index contributed by atoms with van der Waals surface area (Å²) in [5, 5.41) is 9.30. The van der Waals surface area contributed by atoms with Gasteiger partial charge < -0.3 is 0 Å². The van der Waals surface area contributed by atoms with Crippen LogP contribution in [0.15, 0.2) is 77.9 Å². The fourth-order valence-electron chi connectivity index (χ4n) is 4.15. The molecular weight excluding hydrogens is 476 g/mol. The summed E-state index contributed by atoms with van der Waals surface area (Å²) in [4.78, 5) is 16.0. The first-order chi connectivity index (χ1) is 16.3. The van der Waals surface area contributed by atoms with Crippen LogP contribution in [0.2, 0.25) is 5.02 Å². The number of halogens is 3. The quantitative estimate of drug-likeness (QED) is 0.328. The second-order valence-corrected chi connectivity index (χ2v) is 8.97. The molecule has 3 heterocycles. The van der Waals surface area contributed by atoms with E-state index in [-0.39, 0.29) is 5.56 Å². The van der Waals surface area contributed by atoms with Crippen LogP contribution in [0.5, 0.6) is 0 Å². The minimum Gasteiger partial charge on any atom is -0.296 e. The van der Waals surface area contributed by atoms with Crippen LogP contribution in [0.25, 0.3) is 22.2 Å². The summed E-state index contributed by atoms with van der Waals surface area (Å²) in [5.74, 6) is -0.399. The monoisotopic (exact) mass is 493 g/mol. The van der Waals surface area contributed by atoms with Crippen LogP contribution in [0, 0.1) is 5.82 Å². The van der Waals surface area contributed by atoms with Gasteiger partial charge in [0.25, 0.3) is 5.56 Å². The van der Waals surface area contributed by atoms with Crippen molar-refractivity contribution in [3.63, 3.8) is 0 Å². The van der Waals surface area contributed by atoms with E-state index >= 15 is 0 Å². The maximum Gasteiger partial charge on any atom is 0.252 e. The third kappa shape index (κ3) is 3.57. The van der Waals surface area contributed by atoms with Gasteiger partial charge in [0.15, 0.2) is 0 Å². The summed E-state index contributed by atoms with van der Waals surface area (Å²) in [5.41, 5.74) is 3.31. The Hall–Kier alpha value is -3.55. The molecule has 0 unspecified atom stereocenters. The van der Waals surface area contributed by atoms with E-state index in [0.29, 0.717) is 38.4 Å². The number of fused-ring (bicyclic) bond motifs is 1. The summed E-state index contributed by atoms with van der Waals surface area (Å²) < 4.78 is 17.1. The first-order valence-electron chi connectivity index (χ1n) is 10.4. The zero-order chi connectivity index (χ0) is 24.0. The molecule has 9 heteroatoms. The highest BCUT2D eigenvalue weighted by atomic mass is 35.5. The number of nitrogens with zero attached hydrogens (tertiary/aromatic N) is 5. The molecule has 0 bridgehead atoms. The van der Waals surface area contributed by atoms with Crippen molar-refractivity contribution in [3.8, 4) is 11.1 Å². The molecule has 5 aromatic rings. The van der Waals surface area contributed by atoms with Crippen molar-refractivity contribution in [2.45, 2.75) is 4.87 Å². The summed E-state index contributed by atoms with van der Waals surface area (Å²) in [7, 11) is 3.40. The molecule has 0 aliphatic carbocycles. The third-order valence-corrected chi connectivity index (χ3v) is 6.80. The van der Waals surface area contributed by atoms with Gasteiger partial charge in [-0.3, -0.25) is 9.36 Å². The van der Waals surface area contributed by atoms with Crippen molar-refractivity contribution in [2.24, 2.45) is 14.1 Å².